The molecule has 1 aromatic carbocycles. The Labute approximate surface area is 140 Å². The van der Waals surface area contributed by atoms with E-state index in [2.05, 4.69) is 15.6 Å². The summed E-state index contributed by atoms with van der Waals surface area (Å²) in [6, 6.07) is 7.61. The molecule has 0 fully saturated rings. The molecule has 0 radical (unpaired) electrons. The van der Waals surface area contributed by atoms with Gasteiger partial charge in [0.2, 0.25) is 11.8 Å². The second-order valence-corrected chi connectivity index (χ2v) is 7.30. The summed E-state index contributed by atoms with van der Waals surface area (Å²) in [5.41, 5.74) is 2.07. The number of amides is 2. The fourth-order valence-corrected chi connectivity index (χ4v) is 2.44. The monoisotopic (exact) mass is 331 g/mol. The number of anilines is 2. The van der Waals surface area contributed by atoms with Crippen LogP contribution in [0.15, 0.2) is 29.6 Å². The summed E-state index contributed by atoms with van der Waals surface area (Å²) >= 11 is 1.32. The van der Waals surface area contributed by atoms with Crippen molar-refractivity contribution in [3.8, 4) is 0 Å². The molecule has 0 aliphatic carbocycles. The van der Waals surface area contributed by atoms with Crippen molar-refractivity contribution < 1.29 is 9.59 Å². The number of carbonyl (C=O) groups is 2. The van der Waals surface area contributed by atoms with Crippen LogP contribution in [0, 0.1) is 12.3 Å². The van der Waals surface area contributed by atoms with E-state index in [0.717, 1.165) is 11.3 Å². The van der Waals surface area contributed by atoms with Crippen molar-refractivity contribution in [1.82, 2.24) is 4.98 Å². The van der Waals surface area contributed by atoms with Gasteiger partial charge in [-0.3, -0.25) is 9.59 Å². The molecule has 0 unspecified atom stereocenters. The molecule has 2 N–H and O–H groups in total. The molecule has 2 amide bonds. The zero-order valence-corrected chi connectivity index (χ0v) is 14.6. The Morgan fingerprint density at radius 3 is 2.39 bits per heavy atom. The third-order valence-corrected chi connectivity index (χ3v) is 3.94. The van der Waals surface area contributed by atoms with Gasteiger partial charge in [-0.05, 0) is 19.1 Å². The van der Waals surface area contributed by atoms with Crippen LogP contribution in [0.3, 0.4) is 0 Å². The SMILES string of the molecule is Cc1ccc(NC(=O)Cc2csc(NC(=O)C(C)(C)C)n2)cc1. The maximum Gasteiger partial charge on any atom is 0.231 e. The Bertz CT molecular complexity index is 699. The normalized spacial score (nSPS) is 11.1. The predicted octanol–water partition coefficient (Wildman–Crippen LogP) is 3.62. The number of nitrogens with zero attached hydrogens (tertiary/aromatic N) is 1. The summed E-state index contributed by atoms with van der Waals surface area (Å²) < 4.78 is 0. The summed E-state index contributed by atoms with van der Waals surface area (Å²) in [6.07, 6.45) is 0.176. The average molecular weight is 331 g/mol. The van der Waals surface area contributed by atoms with Gasteiger partial charge in [0.05, 0.1) is 12.1 Å². The second-order valence-electron chi connectivity index (χ2n) is 6.44. The first-order chi connectivity index (χ1) is 10.7. The number of benzene rings is 1. The van der Waals surface area contributed by atoms with Crippen LogP contribution in [0.25, 0.3) is 0 Å². The predicted molar refractivity (Wildman–Crippen MR) is 93.7 cm³/mol. The van der Waals surface area contributed by atoms with Crippen molar-refractivity contribution in [3.05, 3.63) is 40.9 Å². The minimum atomic E-state index is -0.478. The van der Waals surface area contributed by atoms with E-state index in [4.69, 9.17) is 0 Å². The van der Waals surface area contributed by atoms with Crippen LogP contribution in [-0.2, 0) is 16.0 Å². The smallest absolute Gasteiger partial charge is 0.231 e. The van der Waals surface area contributed by atoms with Crippen LogP contribution in [0.4, 0.5) is 10.8 Å². The van der Waals surface area contributed by atoms with Gasteiger partial charge in [-0.2, -0.15) is 0 Å². The Morgan fingerprint density at radius 2 is 1.78 bits per heavy atom. The number of aromatic nitrogens is 1. The summed E-state index contributed by atoms with van der Waals surface area (Å²) in [5, 5.41) is 7.90. The standard InChI is InChI=1S/C17H21N3O2S/c1-11-5-7-12(8-6-11)18-14(21)9-13-10-23-16(19-13)20-15(22)17(2,3)4/h5-8,10H,9H2,1-4H3,(H,18,21)(H,19,20,22). The number of carbonyl (C=O) groups excluding carboxylic acids is 2. The van der Waals surface area contributed by atoms with Crippen molar-refractivity contribution in [2.24, 2.45) is 5.41 Å². The lowest BCUT2D eigenvalue weighted by molar-refractivity contribution is -0.123. The zero-order valence-electron chi connectivity index (χ0n) is 13.8. The number of aryl methyl sites for hydroxylation is 1. The lowest BCUT2D eigenvalue weighted by Crippen LogP contribution is -2.27. The molecule has 2 aromatic rings. The van der Waals surface area contributed by atoms with Gasteiger partial charge < -0.3 is 10.6 Å². The maximum absolute atomic E-state index is 12.0. The highest BCUT2D eigenvalue weighted by molar-refractivity contribution is 7.13. The summed E-state index contributed by atoms with van der Waals surface area (Å²) in [7, 11) is 0. The van der Waals surface area contributed by atoms with Crippen molar-refractivity contribution >= 4 is 34.0 Å². The summed E-state index contributed by atoms with van der Waals surface area (Å²) in [5.74, 6) is -0.227. The summed E-state index contributed by atoms with van der Waals surface area (Å²) in [4.78, 5) is 28.2. The van der Waals surface area contributed by atoms with Gasteiger partial charge in [0.1, 0.15) is 0 Å². The molecule has 0 bridgehead atoms. The Morgan fingerprint density at radius 1 is 1.13 bits per heavy atom. The molecule has 5 nitrogen and oxygen atoms in total. The molecule has 0 aliphatic heterocycles. The Hall–Kier alpha value is -2.21. The van der Waals surface area contributed by atoms with Crippen molar-refractivity contribution in [2.45, 2.75) is 34.1 Å². The van der Waals surface area contributed by atoms with Gasteiger partial charge in [-0.1, -0.05) is 38.5 Å². The van der Waals surface area contributed by atoms with Crippen molar-refractivity contribution in [2.75, 3.05) is 10.6 Å². The molecule has 0 saturated carbocycles. The van der Waals surface area contributed by atoms with Crippen LogP contribution in [0.1, 0.15) is 32.0 Å². The maximum atomic E-state index is 12.0. The number of hydrogen-bond donors (Lipinski definition) is 2. The van der Waals surface area contributed by atoms with E-state index in [0.29, 0.717) is 10.8 Å². The first kappa shape index (κ1) is 17.1. The van der Waals surface area contributed by atoms with E-state index in [9.17, 15) is 9.59 Å². The molecular formula is C17H21N3O2S. The third-order valence-electron chi connectivity index (χ3n) is 3.13. The topological polar surface area (TPSA) is 71.1 Å². The van der Waals surface area contributed by atoms with Crippen LogP contribution < -0.4 is 10.6 Å². The van der Waals surface area contributed by atoms with Gasteiger partial charge in [0.15, 0.2) is 5.13 Å². The lowest BCUT2D eigenvalue weighted by atomic mass is 9.96. The highest BCUT2D eigenvalue weighted by atomic mass is 32.1. The quantitative estimate of drug-likeness (QED) is 0.899. The number of hydrogen-bond acceptors (Lipinski definition) is 4. The van der Waals surface area contributed by atoms with Crippen LogP contribution in [0.5, 0.6) is 0 Å². The van der Waals surface area contributed by atoms with E-state index < -0.39 is 5.41 Å². The molecule has 23 heavy (non-hydrogen) atoms. The van der Waals surface area contributed by atoms with Crippen molar-refractivity contribution in [3.63, 3.8) is 0 Å². The van der Waals surface area contributed by atoms with Gasteiger partial charge >= 0.3 is 0 Å². The highest BCUT2D eigenvalue weighted by Gasteiger charge is 2.22. The van der Waals surface area contributed by atoms with Crippen molar-refractivity contribution in [1.29, 1.82) is 0 Å². The van der Waals surface area contributed by atoms with Gasteiger partial charge in [0, 0.05) is 16.5 Å². The average Bonchev–Trinajstić information content (AvgIpc) is 2.87. The molecule has 1 heterocycles. The minimum Gasteiger partial charge on any atom is -0.326 e. The highest BCUT2D eigenvalue weighted by Crippen LogP contribution is 2.21. The molecule has 0 atom stereocenters. The van der Waals surface area contributed by atoms with Crippen LogP contribution in [-0.4, -0.2) is 16.8 Å². The summed E-state index contributed by atoms with van der Waals surface area (Å²) in [6.45, 7) is 7.51. The first-order valence-corrected chi connectivity index (χ1v) is 8.24. The largest absolute Gasteiger partial charge is 0.326 e. The van der Waals surface area contributed by atoms with Gasteiger partial charge in [-0.15, -0.1) is 11.3 Å². The molecule has 0 spiro atoms. The van der Waals surface area contributed by atoms with E-state index in [1.54, 1.807) is 5.38 Å². The van der Waals surface area contributed by atoms with E-state index in [1.807, 2.05) is 52.0 Å². The molecule has 1 aromatic heterocycles. The van der Waals surface area contributed by atoms with Crippen LogP contribution in [0.2, 0.25) is 0 Å². The van der Waals surface area contributed by atoms with E-state index >= 15 is 0 Å². The molecule has 122 valence electrons. The fourth-order valence-electron chi connectivity index (χ4n) is 1.74. The zero-order chi connectivity index (χ0) is 17.0. The molecular weight excluding hydrogens is 310 g/mol. The molecule has 6 heteroatoms. The molecule has 0 saturated heterocycles. The van der Waals surface area contributed by atoms with Gasteiger partial charge in [0.25, 0.3) is 0 Å². The number of nitrogens with one attached hydrogen (secondary N) is 2. The number of rotatable bonds is 4. The fraction of sp³-hybridized carbons (Fsp3) is 0.353. The minimum absolute atomic E-state index is 0.0949. The van der Waals surface area contributed by atoms with Gasteiger partial charge in [-0.25, -0.2) is 4.98 Å². The lowest BCUT2D eigenvalue weighted by Gasteiger charge is -2.15. The Balaban J connectivity index is 1.92. The van der Waals surface area contributed by atoms with Crippen LogP contribution >= 0.6 is 11.3 Å². The second kappa shape index (κ2) is 6.91. The molecule has 2 rings (SSSR count). The number of thiazole rings is 1. The van der Waals surface area contributed by atoms with E-state index in [-0.39, 0.29) is 18.2 Å². The van der Waals surface area contributed by atoms with E-state index in [1.165, 1.54) is 11.3 Å². The first-order valence-electron chi connectivity index (χ1n) is 7.36. The molecule has 0 aliphatic rings. The third kappa shape index (κ3) is 5.17. The Kier molecular flexibility index (Phi) is 5.15.